The number of pyridine rings is 2. The number of halogens is 2. The molecule has 116 valence electrons. The quantitative estimate of drug-likeness (QED) is 0.463. The Balaban J connectivity index is 2.02. The molecule has 0 aromatic carbocycles. The summed E-state index contributed by atoms with van der Waals surface area (Å²) in [5, 5.41) is 4.01. The predicted octanol–water partition coefficient (Wildman–Crippen LogP) is 2.84. The third kappa shape index (κ3) is 2.28. The largest absolute Gasteiger partial charge is 0.301 e. The van der Waals surface area contributed by atoms with Crippen molar-refractivity contribution in [1.82, 2.24) is 23.6 Å². The number of imidazole rings is 1. The normalized spacial score (nSPS) is 12.3. The van der Waals surface area contributed by atoms with Crippen LogP contribution in [0.1, 0.15) is 0 Å². The maximum Gasteiger partial charge on any atom is 0.301 e. The summed E-state index contributed by atoms with van der Waals surface area (Å²) in [4.78, 5) is 8.28. The first kappa shape index (κ1) is 14.8. The molecule has 0 saturated carbocycles. The van der Waals surface area contributed by atoms with Crippen molar-refractivity contribution in [2.24, 2.45) is 0 Å². The lowest BCUT2D eigenvalue weighted by Crippen LogP contribution is -2.16. The van der Waals surface area contributed by atoms with E-state index in [1.807, 2.05) is 0 Å². The maximum atomic E-state index is 13.0. The van der Waals surface area contributed by atoms with E-state index < -0.39 is 10.0 Å². The molecule has 0 aliphatic carbocycles. The average molecular weight is 457 g/mol. The summed E-state index contributed by atoms with van der Waals surface area (Å²) in [6.07, 6.45) is 5.97. The molecule has 0 fully saturated rings. The van der Waals surface area contributed by atoms with Gasteiger partial charge in [0.2, 0.25) is 0 Å². The van der Waals surface area contributed by atoms with Gasteiger partial charge in [0.15, 0.2) is 5.03 Å². The Bertz CT molecular complexity index is 1080. The van der Waals surface area contributed by atoms with Crippen LogP contribution in [0.25, 0.3) is 16.7 Å². The zero-order valence-corrected chi connectivity index (χ0v) is 15.2. The average Bonchev–Trinajstić information content (AvgIpc) is 3.10. The van der Waals surface area contributed by atoms with Crippen molar-refractivity contribution >= 4 is 58.6 Å². The second-order valence-electron chi connectivity index (χ2n) is 4.72. The Kier molecular flexibility index (Phi) is 3.29. The van der Waals surface area contributed by atoms with Crippen LogP contribution >= 0.6 is 31.9 Å². The van der Waals surface area contributed by atoms with Crippen LogP contribution in [0.15, 0.2) is 57.0 Å². The van der Waals surface area contributed by atoms with Crippen molar-refractivity contribution in [2.45, 2.75) is 5.03 Å². The van der Waals surface area contributed by atoms with E-state index in [1.165, 1.54) is 16.8 Å². The summed E-state index contributed by atoms with van der Waals surface area (Å²) in [6, 6.07) is 5.18. The second kappa shape index (κ2) is 5.11. The Morgan fingerprint density at radius 3 is 2.65 bits per heavy atom. The predicted molar refractivity (Wildman–Crippen MR) is 90.7 cm³/mol. The molecule has 0 unspecified atom stereocenters. The topological polar surface area (TPSA) is 82.1 Å². The highest BCUT2D eigenvalue weighted by Crippen LogP contribution is 2.23. The molecular weight excluding hydrogens is 450 g/mol. The molecule has 10 heteroatoms. The standard InChI is InChI=1S/C13H7Br2N5O2S/c14-8-1-2-12-17-6-13(19(12)7-8)23(21,22)20-11-3-9(15)4-16-10(11)5-18-20/h1-7H. The van der Waals surface area contributed by atoms with Crippen LogP contribution < -0.4 is 0 Å². The van der Waals surface area contributed by atoms with Gasteiger partial charge in [-0.1, -0.05) is 0 Å². The van der Waals surface area contributed by atoms with Crippen LogP contribution in [0.3, 0.4) is 0 Å². The lowest BCUT2D eigenvalue weighted by Gasteiger charge is -2.06. The Hall–Kier alpha value is -1.78. The molecule has 0 bridgehead atoms. The third-order valence-electron chi connectivity index (χ3n) is 3.28. The number of nitrogens with zero attached hydrogens (tertiary/aromatic N) is 5. The van der Waals surface area contributed by atoms with E-state index in [9.17, 15) is 8.42 Å². The third-order valence-corrected chi connectivity index (χ3v) is 5.76. The van der Waals surface area contributed by atoms with Crippen LogP contribution in [0.4, 0.5) is 0 Å². The summed E-state index contributed by atoms with van der Waals surface area (Å²) in [7, 11) is -3.91. The van der Waals surface area contributed by atoms with E-state index in [-0.39, 0.29) is 5.03 Å². The molecule has 7 nitrogen and oxygen atoms in total. The number of fused-ring (bicyclic) bond motifs is 2. The molecule has 4 aromatic rings. The molecule has 0 aliphatic heterocycles. The molecule has 0 aliphatic rings. The minimum absolute atomic E-state index is 0.0266. The molecule has 4 aromatic heterocycles. The first-order valence-corrected chi connectivity index (χ1v) is 9.37. The fourth-order valence-electron chi connectivity index (χ4n) is 2.26. The highest BCUT2D eigenvalue weighted by atomic mass is 79.9. The molecule has 0 amide bonds. The van der Waals surface area contributed by atoms with Gasteiger partial charge in [-0.2, -0.15) is 17.6 Å². The molecule has 0 radical (unpaired) electrons. The molecule has 4 heterocycles. The molecule has 0 atom stereocenters. The number of aromatic nitrogens is 5. The van der Waals surface area contributed by atoms with Gasteiger partial charge < -0.3 is 0 Å². The van der Waals surface area contributed by atoms with Crippen LogP contribution in [-0.2, 0) is 10.0 Å². The first-order valence-electron chi connectivity index (χ1n) is 6.34. The minimum atomic E-state index is -3.91. The zero-order chi connectivity index (χ0) is 16.2. The fraction of sp³-hybridized carbons (Fsp3) is 0. The van der Waals surface area contributed by atoms with Gasteiger partial charge in [0.25, 0.3) is 0 Å². The molecule has 0 spiro atoms. The first-order chi connectivity index (χ1) is 11.0. The number of hydrogen-bond acceptors (Lipinski definition) is 5. The summed E-state index contributed by atoms with van der Waals surface area (Å²) < 4.78 is 29.9. The Morgan fingerprint density at radius 2 is 1.83 bits per heavy atom. The van der Waals surface area contributed by atoms with E-state index >= 15 is 0 Å². The van der Waals surface area contributed by atoms with E-state index in [2.05, 4.69) is 46.9 Å². The van der Waals surface area contributed by atoms with Gasteiger partial charge in [-0.3, -0.25) is 9.38 Å². The lowest BCUT2D eigenvalue weighted by atomic mass is 10.4. The number of rotatable bonds is 2. The summed E-state index contributed by atoms with van der Waals surface area (Å²) in [5.41, 5.74) is 1.42. The van der Waals surface area contributed by atoms with E-state index in [1.54, 1.807) is 30.6 Å². The van der Waals surface area contributed by atoms with Crippen LogP contribution in [0.2, 0.25) is 0 Å². The summed E-state index contributed by atoms with van der Waals surface area (Å²) in [6.45, 7) is 0. The van der Waals surface area contributed by atoms with Gasteiger partial charge in [-0.15, -0.1) is 0 Å². The van der Waals surface area contributed by atoms with Crippen molar-refractivity contribution in [1.29, 1.82) is 0 Å². The minimum Gasteiger partial charge on any atom is -0.288 e. The lowest BCUT2D eigenvalue weighted by molar-refractivity contribution is 0.577. The van der Waals surface area contributed by atoms with Gasteiger partial charge in [0.05, 0.1) is 12.4 Å². The highest BCUT2D eigenvalue weighted by Gasteiger charge is 2.25. The molecule has 0 N–H and O–H groups in total. The van der Waals surface area contributed by atoms with Gasteiger partial charge in [-0.25, -0.2) is 4.98 Å². The van der Waals surface area contributed by atoms with Gasteiger partial charge in [0.1, 0.15) is 16.7 Å². The summed E-state index contributed by atoms with van der Waals surface area (Å²) >= 11 is 6.63. The Morgan fingerprint density at radius 1 is 1.00 bits per heavy atom. The smallest absolute Gasteiger partial charge is 0.288 e. The molecule has 23 heavy (non-hydrogen) atoms. The van der Waals surface area contributed by atoms with Gasteiger partial charge >= 0.3 is 10.0 Å². The van der Waals surface area contributed by atoms with E-state index in [0.29, 0.717) is 21.2 Å². The van der Waals surface area contributed by atoms with Crippen molar-refractivity contribution in [3.63, 3.8) is 0 Å². The SMILES string of the molecule is O=S(=O)(c1cnc2ccc(Br)cn12)n1ncc2ncc(Br)cc21. The molecular formula is C13H7Br2N5O2S. The van der Waals surface area contributed by atoms with Crippen LogP contribution in [-0.4, -0.2) is 32.0 Å². The van der Waals surface area contributed by atoms with E-state index in [4.69, 9.17) is 0 Å². The maximum absolute atomic E-state index is 13.0. The van der Waals surface area contributed by atoms with Crippen LogP contribution in [0.5, 0.6) is 0 Å². The number of hydrogen-bond donors (Lipinski definition) is 0. The van der Waals surface area contributed by atoms with Crippen molar-refractivity contribution in [2.75, 3.05) is 0 Å². The summed E-state index contributed by atoms with van der Waals surface area (Å²) in [5.74, 6) is 0. The molecule has 4 rings (SSSR count). The Labute approximate surface area is 147 Å². The molecule has 0 saturated heterocycles. The zero-order valence-electron chi connectivity index (χ0n) is 11.3. The van der Waals surface area contributed by atoms with E-state index in [0.717, 1.165) is 8.56 Å². The van der Waals surface area contributed by atoms with Gasteiger partial charge in [0, 0.05) is 21.3 Å². The highest BCUT2D eigenvalue weighted by molar-refractivity contribution is 9.10. The monoisotopic (exact) mass is 455 g/mol. The van der Waals surface area contributed by atoms with Crippen molar-refractivity contribution in [3.05, 3.63) is 51.9 Å². The second-order valence-corrected chi connectivity index (χ2v) is 8.27. The van der Waals surface area contributed by atoms with Crippen molar-refractivity contribution < 1.29 is 8.42 Å². The van der Waals surface area contributed by atoms with Crippen LogP contribution in [0, 0.1) is 0 Å². The van der Waals surface area contributed by atoms with Crippen molar-refractivity contribution in [3.8, 4) is 0 Å². The fourth-order valence-corrected chi connectivity index (χ4v) is 4.25. The van der Waals surface area contributed by atoms with Gasteiger partial charge in [-0.05, 0) is 50.1 Å².